The monoisotopic (exact) mass is 279 g/mol. The number of halogens is 1. The highest BCUT2D eigenvalue weighted by Gasteiger charge is 2.23. The molecule has 1 fully saturated rings. The van der Waals surface area contributed by atoms with E-state index in [1.54, 1.807) is 11.0 Å². The van der Waals surface area contributed by atoms with Crippen molar-refractivity contribution in [2.75, 3.05) is 20.2 Å². The molecule has 1 aliphatic rings. The Balaban J connectivity index is 2.35. The van der Waals surface area contributed by atoms with Crippen LogP contribution in [0, 0.1) is 5.82 Å². The average molecular weight is 279 g/mol. The van der Waals surface area contributed by atoms with Gasteiger partial charge in [0.25, 0.3) is 5.91 Å². The van der Waals surface area contributed by atoms with E-state index < -0.39 is 0 Å². The van der Waals surface area contributed by atoms with Crippen molar-refractivity contribution in [2.45, 2.75) is 39.0 Å². The summed E-state index contributed by atoms with van der Waals surface area (Å²) in [6.07, 6.45) is 3.18. The van der Waals surface area contributed by atoms with E-state index in [1.807, 2.05) is 13.8 Å². The first kappa shape index (κ1) is 14.8. The van der Waals surface area contributed by atoms with Crippen molar-refractivity contribution < 1.29 is 13.9 Å². The third-order valence-electron chi connectivity index (χ3n) is 3.81. The third kappa shape index (κ3) is 2.94. The molecular formula is C16H22FNO2. The van der Waals surface area contributed by atoms with Gasteiger partial charge in [-0.2, -0.15) is 0 Å². The second-order valence-electron chi connectivity index (χ2n) is 5.58. The molecule has 2 rings (SSSR count). The molecule has 0 aliphatic carbocycles. The molecule has 0 atom stereocenters. The predicted molar refractivity (Wildman–Crippen MR) is 76.8 cm³/mol. The van der Waals surface area contributed by atoms with Crippen LogP contribution in [0.3, 0.4) is 0 Å². The fourth-order valence-electron chi connectivity index (χ4n) is 2.61. The maximum Gasteiger partial charge on any atom is 0.257 e. The van der Waals surface area contributed by atoms with E-state index in [0.29, 0.717) is 16.9 Å². The number of piperidine rings is 1. The van der Waals surface area contributed by atoms with E-state index in [1.165, 1.54) is 13.2 Å². The third-order valence-corrected chi connectivity index (χ3v) is 3.81. The Morgan fingerprint density at radius 2 is 1.90 bits per heavy atom. The number of carbonyl (C=O) groups is 1. The summed E-state index contributed by atoms with van der Waals surface area (Å²) in [5.41, 5.74) is 0.911. The maximum atomic E-state index is 14.1. The van der Waals surface area contributed by atoms with Gasteiger partial charge >= 0.3 is 0 Å². The second kappa shape index (κ2) is 6.25. The zero-order valence-corrected chi connectivity index (χ0v) is 12.4. The van der Waals surface area contributed by atoms with Crippen molar-refractivity contribution in [3.8, 4) is 5.75 Å². The molecule has 0 aromatic heterocycles. The van der Waals surface area contributed by atoms with Crippen molar-refractivity contribution in [2.24, 2.45) is 0 Å². The van der Waals surface area contributed by atoms with Gasteiger partial charge in [-0.25, -0.2) is 4.39 Å². The number of ether oxygens (including phenoxy) is 1. The molecule has 0 N–H and O–H groups in total. The van der Waals surface area contributed by atoms with E-state index >= 15 is 0 Å². The van der Waals surface area contributed by atoms with E-state index in [2.05, 4.69) is 0 Å². The van der Waals surface area contributed by atoms with Crippen LogP contribution in [0.5, 0.6) is 5.75 Å². The molecule has 0 radical (unpaired) electrons. The largest absolute Gasteiger partial charge is 0.496 e. The fourth-order valence-corrected chi connectivity index (χ4v) is 2.61. The van der Waals surface area contributed by atoms with Crippen LogP contribution in [0.2, 0.25) is 0 Å². The minimum absolute atomic E-state index is 0.0584. The van der Waals surface area contributed by atoms with Crippen LogP contribution in [0.25, 0.3) is 0 Å². The van der Waals surface area contributed by atoms with E-state index in [9.17, 15) is 9.18 Å². The van der Waals surface area contributed by atoms with Crippen LogP contribution < -0.4 is 4.74 Å². The van der Waals surface area contributed by atoms with Crippen molar-refractivity contribution in [3.63, 3.8) is 0 Å². The van der Waals surface area contributed by atoms with E-state index in [-0.39, 0.29) is 17.6 Å². The first-order chi connectivity index (χ1) is 9.54. The minimum Gasteiger partial charge on any atom is -0.496 e. The molecule has 110 valence electrons. The highest BCUT2D eigenvalue weighted by atomic mass is 19.1. The standard InChI is InChI=1S/C16H22FNO2/c1-11(2)12-10-15(20-3)13(9-14(12)17)16(19)18-7-5-4-6-8-18/h9-11H,4-8H2,1-3H3. The normalized spacial score (nSPS) is 15.6. The molecule has 0 unspecified atom stereocenters. The molecule has 1 aliphatic heterocycles. The minimum atomic E-state index is -0.332. The van der Waals surface area contributed by atoms with Gasteiger partial charge < -0.3 is 9.64 Å². The van der Waals surface area contributed by atoms with Gasteiger partial charge in [0.05, 0.1) is 12.7 Å². The molecule has 1 amide bonds. The van der Waals surface area contributed by atoms with Crippen LogP contribution in [0.1, 0.15) is 54.9 Å². The Morgan fingerprint density at radius 1 is 1.25 bits per heavy atom. The van der Waals surface area contributed by atoms with Crippen molar-refractivity contribution in [3.05, 3.63) is 29.1 Å². The van der Waals surface area contributed by atoms with Crippen LogP contribution in [-0.2, 0) is 0 Å². The summed E-state index contributed by atoms with van der Waals surface area (Å²) in [4.78, 5) is 14.3. The molecule has 1 aromatic rings. The number of nitrogens with zero attached hydrogens (tertiary/aromatic N) is 1. The molecule has 20 heavy (non-hydrogen) atoms. The number of hydrogen-bond acceptors (Lipinski definition) is 2. The van der Waals surface area contributed by atoms with Crippen molar-refractivity contribution in [1.29, 1.82) is 0 Å². The number of carbonyl (C=O) groups excluding carboxylic acids is 1. The number of hydrogen-bond donors (Lipinski definition) is 0. The topological polar surface area (TPSA) is 29.5 Å². The second-order valence-corrected chi connectivity index (χ2v) is 5.58. The summed E-state index contributed by atoms with van der Waals surface area (Å²) in [6.45, 7) is 5.33. The van der Waals surface area contributed by atoms with Gasteiger partial charge in [0, 0.05) is 13.1 Å². The lowest BCUT2D eigenvalue weighted by atomic mass is 9.99. The first-order valence-electron chi connectivity index (χ1n) is 7.21. The Bertz CT molecular complexity index is 493. The number of amides is 1. The fraction of sp³-hybridized carbons (Fsp3) is 0.562. The zero-order valence-electron chi connectivity index (χ0n) is 12.4. The summed E-state index contributed by atoms with van der Waals surface area (Å²) >= 11 is 0. The van der Waals surface area contributed by atoms with Gasteiger partial charge in [-0.3, -0.25) is 4.79 Å². The van der Waals surface area contributed by atoms with Gasteiger partial charge in [0.15, 0.2) is 0 Å². The lowest BCUT2D eigenvalue weighted by Gasteiger charge is -2.27. The van der Waals surface area contributed by atoms with Crippen LogP contribution in [-0.4, -0.2) is 31.0 Å². The summed E-state index contributed by atoms with van der Waals surface area (Å²) < 4.78 is 19.4. The van der Waals surface area contributed by atoms with Gasteiger partial charge in [-0.15, -0.1) is 0 Å². The highest BCUT2D eigenvalue weighted by Crippen LogP contribution is 2.29. The molecule has 0 bridgehead atoms. The van der Waals surface area contributed by atoms with Gasteiger partial charge in [-0.05, 0) is 42.9 Å². The average Bonchev–Trinajstić information content (AvgIpc) is 2.46. The predicted octanol–water partition coefficient (Wildman–Crippen LogP) is 3.58. The number of rotatable bonds is 3. The molecule has 1 heterocycles. The van der Waals surface area contributed by atoms with Crippen LogP contribution in [0.15, 0.2) is 12.1 Å². The highest BCUT2D eigenvalue weighted by molar-refractivity contribution is 5.97. The first-order valence-corrected chi connectivity index (χ1v) is 7.21. The molecule has 3 nitrogen and oxygen atoms in total. The Kier molecular flexibility index (Phi) is 4.63. The van der Waals surface area contributed by atoms with Gasteiger partial charge in [0.1, 0.15) is 11.6 Å². The smallest absolute Gasteiger partial charge is 0.257 e. The summed E-state index contributed by atoms with van der Waals surface area (Å²) in [5, 5.41) is 0. The molecule has 0 spiro atoms. The van der Waals surface area contributed by atoms with Crippen LogP contribution in [0.4, 0.5) is 4.39 Å². The lowest BCUT2D eigenvalue weighted by Crippen LogP contribution is -2.35. The molecular weight excluding hydrogens is 257 g/mol. The Hall–Kier alpha value is -1.58. The van der Waals surface area contributed by atoms with E-state index in [0.717, 1.165) is 32.4 Å². The summed E-state index contributed by atoms with van der Waals surface area (Å²) in [5.74, 6) is 0.0608. The summed E-state index contributed by atoms with van der Waals surface area (Å²) in [7, 11) is 1.52. The van der Waals surface area contributed by atoms with Gasteiger partial charge in [-0.1, -0.05) is 13.8 Å². The SMILES string of the molecule is COc1cc(C(C)C)c(F)cc1C(=O)N1CCCCC1. The number of benzene rings is 1. The lowest BCUT2D eigenvalue weighted by molar-refractivity contribution is 0.0720. The zero-order chi connectivity index (χ0) is 14.7. The van der Waals surface area contributed by atoms with Crippen LogP contribution >= 0.6 is 0 Å². The molecule has 1 saturated heterocycles. The Morgan fingerprint density at radius 3 is 2.45 bits per heavy atom. The van der Waals surface area contributed by atoms with Gasteiger partial charge in [0.2, 0.25) is 0 Å². The van der Waals surface area contributed by atoms with Crippen molar-refractivity contribution in [1.82, 2.24) is 4.90 Å². The quantitative estimate of drug-likeness (QED) is 0.846. The van der Waals surface area contributed by atoms with E-state index in [4.69, 9.17) is 4.74 Å². The Labute approximate surface area is 119 Å². The number of likely N-dealkylation sites (tertiary alicyclic amines) is 1. The maximum absolute atomic E-state index is 14.1. The summed E-state index contributed by atoms with van der Waals surface area (Å²) in [6, 6.07) is 2.97. The van der Waals surface area contributed by atoms with Crippen molar-refractivity contribution >= 4 is 5.91 Å². The molecule has 1 aromatic carbocycles. The number of methoxy groups -OCH3 is 1. The molecule has 0 saturated carbocycles. The molecule has 4 heteroatoms.